The molecular weight excluding hydrogens is 277 g/mol. The van der Waals surface area contributed by atoms with E-state index in [0.717, 1.165) is 0 Å². The minimum atomic E-state index is -0.409. The van der Waals surface area contributed by atoms with Gasteiger partial charge in [-0.05, 0) is 24.6 Å². The number of benzene rings is 1. The van der Waals surface area contributed by atoms with E-state index >= 15 is 0 Å². The molecule has 1 aromatic carbocycles. The van der Waals surface area contributed by atoms with E-state index in [1.54, 1.807) is 12.0 Å². The molecule has 0 saturated carbocycles. The van der Waals surface area contributed by atoms with Crippen LogP contribution in [0.15, 0.2) is 18.2 Å². The lowest BCUT2D eigenvalue weighted by molar-refractivity contribution is -0.132. The highest BCUT2D eigenvalue weighted by Gasteiger charge is 2.34. The lowest BCUT2D eigenvalue weighted by Crippen LogP contribution is -2.39. The predicted molar refractivity (Wildman–Crippen MR) is 74.7 cm³/mol. The molecule has 5 nitrogen and oxygen atoms in total. The van der Waals surface area contributed by atoms with Gasteiger partial charge in [0.25, 0.3) is 0 Å². The van der Waals surface area contributed by atoms with E-state index in [1.807, 2.05) is 0 Å². The van der Waals surface area contributed by atoms with Gasteiger partial charge in [-0.1, -0.05) is 0 Å². The molecule has 6 heteroatoms. The zero-order valence-corrected chi connectivity index (χ0v) is 12.2. The highest BCUT2D eigenvalue weighted by Crippen LogP contribution is 2.24. The molecule has 1 N–H and O–H groups in total. The van der Waals surface area contributed by atoms with Crippen LogP contribution in [0.25, 0.3) is 0 Å². The first-order chi connectivity index (χ1) is 10.1. The number of carbonyl (C=O) groups is 1. The molecule has 1 aliphatic heterocycles. The quantitative estimate of drug-likeness (QED) is 0.880. The Morgan fingerprint density at radius 1 is 1.48 bits per heavy atom. The number of rotatable bonds is 5. The summed E-state index contributed by atoms with van der Waals surface area (Å²) < 4.78 is 23.7. The van der Waals surface area contributed by atoms with Gasteiger partial charge in [0, 0.05) is 19.2 Å². The summed E-state index contributed by atoms with van der Waals surface area (Å²) in [5.74, 6) is -0.0983. The van der Waals surface area contributed by atoms with Crippen LogP contribution in [-0.4, -0.2) is 55.4 Å². The Kier molecular flexibility index (Phi) is 5.14. The van der Waals surface area contributed by atoms with Gasteiger partial charge in [0.15, 0.2) is 0 Å². The average molecular weight is 297 g/mol. The van der Waals surface area contributed by atoms with Crippen molar-refractivity contribution >= 4 is 5.91 Å². The van der Waals surface area contributed by atoms with Crippen LogP contribution in [0.5, 0.6) is 5.75 Å². The largest absolute Gasteiger partial charge is 0.496 e. The molecule has 2 rings (SSSR count). The second-order valence-electron chi connectivity index (χ2n) is 5.11. The van der Waals surface area contributed by atoms with Crippen LogP contribution in [0.1, 0.15) is 12.0 Å². The van der Waals surface area contributed by atoms with E-state index in [4.69, 9.17) is 9.47 Å². The Morgan fingerprint density at radius 2 is 2.24 bits per heavy atom. The summed E-state index contributed by atoms with van der Waals surface area (Å²) in [6, 6.07) is 3.85. The molecule has 21 heavy (non-hydrogen) atoms. The van der Waals surface area contributed by atoms with Gasteiger partial charge in [0.2, 0.25) is 5.91 Å². The lowest BCUT2D eigenvalue weighted by atomic mass is 10.1. The molecule has 0 unspecified atom stereocenters. The highest BCUT2D eigenvalue weighted by atomic mass is 19.1. The third kappa shape index (κ3) is 3.51. The van der Waals surface area contributed by atoms with E-state index in [9.17, 15) is 14.3 Å². The van der Waals surface area contributed by atoms with Crippen molar-refractivity contribution in [3.05, 3.63) is 29.6 Å². The van der Waals surface area contributed by atoms with Crippen molar-refractivity contribution in [3.8, 4) is 5.75 Å². The number of halogens is 1. The third-order valence-corrected chi connectivity index (χ3v) is 3.82. The van der Waals surface area contributed by atoms with Crippen molar-refractivity contribution in [2.45, 2.75) is 25.0 Å². The van der Waals surface area contributed by atoms with Crippen molar-refractivity contribution in [1.29, 1.82) is 0 Å². The lowest BCUT2D eigenvalue weighted by Gasteiger charge is -2.23. The Morgan fingerprint density at radius 3 is 2.86 bits per heavy atom. The molecule has 1 amide bonds. The van der Waals surface area contributed by atoms with Crippen LogP contribution in [0.2, 0.25) is 0 Å². The summed E-state index contributed by atoms with van der Waals surface area (Å²) in [5.41, 5.74) is 0.500. The van der Waals surface area contributed by atoms with Crippen molar-refractivity contribution in [2.24, 2.45) is 0 Å². The van der Waals surface area contributed by atoms with Crippen LogP contribution >= 0.6 is 0 Å². The highest BCUT2D eigenvalue weighted by molar-refractivity contribution is 5.80. The van der Waals surface area contributed by atoms with Crippen LogP contribution < -0.4 is 4.74 Å². The maximum Gasteiger partial charge on any atom is 0.227 e. The molecule has 1 aliphatic rings. The number of amides is 1. The van der Waals surface area contributed by atoms with E-state index in [1.165, 1.54) is 25.3 Å². The summed E-state index contributed by atoms with van der Waals surface area (Å²) in [6.07, 6.45) is 0.577. The first-order valence-electron chi connectivity index (χ1n) is 6.84. The smallest absolute Gasteiger partial charge is 0.227 e. The van der Waals surface area contributed by atoms with E-state index in [-0.39, 0.29) is 31.1 Å². The molecule has 0 aliphatic carbocycles. The number of carbonyl (C=O) groups excluding carboxylic acids is 1. The number of aliphatic hydroxyl groups excluding tert-OH is 1. The molecule has 116 valence electrons. The maximum absolute atomic E-state index is 13.3. The average Bonchev–Trinajstić information content (AvgIpc) is 2.91. The van der Waals surface area contributed by atoms with Gasteiger partial charge in [-0.2, -0.15) is 0 Å². The van der Waals surface area contributed by atoms with Gasteiger partial charge in [-0.3, -0.25) is 4.79 Å². The van der Waals surface area contributed by atoms with E-state index in [0.29, 0.717) is 24.3 Å². The summed E-state index contributed by atoms with van der Waals surface area (Å²) in [4.78, 5) is 14.0. The van der Waals surface area contributed by atoms with Crippen LogP contribution in [0.3, 0.4) is 0 Å². The molecule has 0 radical (unpaired) electrons. The summed E-state index contributed by atoms with van der Waals surface area (Å²) in [5, 5.41) is 9.38. The van der Waals surface area contributed by atoms with Crippen LogP contribution in [0.4, 0.5) is 4.39 Å². The first-order valence-corrected chi connectivity index (χ1v) is 6.84. The Hall–Kier alpha value is -1.66. The molecule has 2 atom stereocenters. The number of nitrogens with zero attached hydrogens (tertiary/aromatic N) is 1. The number of likely N-dealkylation sites (tertiary alicyclic amines) is 1. The number of aliphatic hydroxyl groups is 1. The Bertz CT molecular complexity index is 508. The zero-order chi connectivity index (χ0) is 15.4. The minimum absolute atomic E-state index is 0.0356. The second kappa shape index (κ2) is 6.87. The van der Waals surface area contributed by atoms with E-state index < -0.39 is 5.82 Å². The molecule has 0 bridgehead atoms. The van der Waals surface area contributed by atoms with Crippen LogP contribution in [-0.2, 0) is 16.0 Å². The zero-order valence-electron chi connectivity index (χ0n) is 12.2. The first kappa shape index (κ1) is 15.7. The Labute approximate surface area is 123 Å². The number of hydrogen-bond donors (Lipinski definition) is 1. The fourth-order valence-corrected chi connectivity index (χ4v) is 2.67. The van der Waals surface area contributed by atoms with Gasteiger partial charge < -0.3 is 19.5 Å². The molecule has 0 aromatic heterocycles. The van der Waals surface area contributed by atoms with Gasteiger partial charge in [-0.15, -0.1) is 0 Å². The number of methoxy groups -OCH3 is 2. The monoisotopic (exact) mass is 297 g/mol. The summed E-state index contributed by atoms with van der Waals surface area (Å²) >= 11 is 0. The maximum atomic E-state index is 13.3. The van der Waals surface area contributed by atoms with Gasteiger partial charge in [-0.25, -0.2) is 4.39 Å². The topological polar surface area (TPSA) is 59.0 Å². The molecule has 1 aromatic rings. The van der Waals surface area contributed by atoms with Crippen molar-refractivity contribution in [2.75, 3.05) is 27.4 Å². The van der Waals surface area contributed by atoms with Gasteiger partial charge in [0.1, 0.15) is 11.6 Å². The summed E-state index contributed by atoms with van der Waals surface area (Å²) in [7, 11) is 3.07. The molecular formula is C15H20FNO4. The van der Waals surface area contributed by atoms with Crippen molar-refractivity contribution in [1.82, 2.24) is 4.90 Å². The van der Waals surface area contributed by atoms with Crippen LogP contribution in [0, 0.1) is 5.82 Å². The standard InChI is InChI=1S/C15H20FNO4/c1-20-13-7-12(9-18)17(8-13)15(19)6-10-5-11(16)3-4-14(10)21-2/h3-5,12-13,18H,6-9H2,1-2H3/t12-,13+/m0/s1. The van der Waals surface area contributed by atoms with Gasteiger partial charge in [0.05, 0.1) is 32.3 Å². The predicted octanol–water partition coefficient (Wildman–Crippen LogP) is 0.985. The number of hydrogen-bond acceptors (Lipinski definition) is 4. The second-order valence-corrected chi connectivity index (χ2v) is 5.11. The SMILES string of the molecule is COc1ccc(F)cc1CC(=O)N1C[C@H](OC)C[C@H]1CO. The fraction of sp³-hybridized carbons (Fsp3) is 0.533. The molecule has 1 fully saturated rings. The fourth-order valence-electron chi connectivity index (χ4n) is 2.67. The number of ether oxygens (including phenoxy) is 2. The Balaban J connectivity index is 2.12. The molecule has 1 saturated heterocycles. The van der Waals surface area contributed by atoms with Crippen molar-refractivity contribution < 1.29 is 23.8 Å². The van der Waals surface area contributed by atoms with Crippen molar-refractivity contribution in [3.63, 3.8) is 0 Å². The van der Waals surface area contributed by atoms with E-state index in [2.05, 4.69) is 0 Å². The third-order valence-electron chi connectivity index (χ3n) is 3.82. The van der Waals surface area contributed by atoms with Gasteiger partial charge >= 0.3 is 0 Å². The minimum Gasteiger partial charge on any atom is -0.496 e. The summed E-state index contributed by atoms with van der Waals surface area (Å²) in [6.45, 7) is 0.337. The molecule has 0 spiro atoms. The normalized spacial score (nSPS) is 21.6. The molecule has 1 heterocycles.